The highest BCUT2D eigenvalue weighted by Crippen LogP contribution is 2.37. The number of fused-ring (bicyclic) bond motifs is 1. The Labute approximate surface area is 308 Å². The molecule has 1 unspecified atom stereocenters. The Morgan fingerprint density at radius 2 is 1.83 bits per heavy atom. The predicted molar refractivity (Wildman–Crippen MR) is 198 cm³/mol. The van der Waals surface area contributed by atoms with Crippen LogP contribution in [0.1, 0.15) is 71.7 Å². The molecule has 1 atom stereocenters. The van der Waals surface area contributed by atoms with Crippen LogP contribution in [-0.4, -0.2) is 63.6 Å². The van der Waals surface area contributed by atoms with Crippen molar-refractivity contribution in [3.8, 4) is 28.7 Å². The number of oxazole rings is 1. The number of aromatic nitrogens is 2. The zero-order valence-corrected chi connectivity index (χ0v) is 30.2. The van der Waals surface area contributed by atoms with E-state index in [1.54, 1.807) is 24.4 Å². The van der Waals surface area contributed by atoms with Gasteiger partial charge in [0.2, 0.25) is 0 Å². The van der Waals surface area contributed by atoms with Crippen molar-refractivity contribution in [1.82, 2.24) is 19.8 Å². The van der Waals surface area contributed by atoms with E-state index in [1.807, 2.05) is 23.1 Å². The summed E-state index contributed by atoms with van der Waals surface area (Å²) in [6.07, 6.45) is 7.65. The van der Waals surface area contributed by atoms with Crippen molar-refractivity contribution in [2.75, 3.05) is 26.7 Å². The number of carboxylic acid groups (broad SMARTS) is 1. The van der Waals surface area contributed by atoms with Gasteiger partial charge in [-0.1, -0.05) is 42.3 Å². The van der Waals surface area contributed by atoms with E-state index in [0.29, 0.717) is 47.5 Å². The van der Waals surface area contributed by atoms with Crippen molar-refractivity contribution < 1.29 is 23.8 Å². The second-order valence-electron chi connectivity index (χ2n) is 13.9. The molecule has 2 aliphatic rings. The number of halogens is 1. The lowest BCUT2D eigenvalue weighted by Gasteiger charge is -2.33. The molecule has 5 aromatic rings. The van der Waals surface area contributed by atoms with Crippen LogP contribution in [-0.2, 0) is 24.6 Å². The molecule has 2 aliphatic heterocycles. The maximum Gasteiger partial charge on any atom is 0.320 e. The van der Waals surface area contributed by atoms with Gasteiger partial charge in [0.15, 0.2) is 11.5 Å². The van der Waals surface area contributed by atoms with Crippen LogP contribution in [0.25, 0.3) is 22.2 Å². The quantitative estimate of drug-likeness (QED) is 0.143. The number of ether oxygens (including phenoxy) is 2. The molecule has 11 heteroatoms. The van der Waals surface area contributed by atoms with Gasteiger partial charge in [-0.2, -0.15) is 5.26 Å². The van der Waals surface area contributed by atoms with Crippen LogP contribution in [0.5, 0.6) is 11.5 Å². The SMILES string of the molecule is Cc1c(COc2cc(OCc3cncc(C#N)c3)c(CN3CCCCC3C(=O)O)cc2Cl)cccc1-c1ccc2nc(C3CCN(C)CC3)oc2c1. The van der Waals surface area contributed by atoms with Crippen LogP contribution < -0.4 is 9.47 Å². The first-order chi connectivity index (χ1) is 25.2. The Morgan fingerprint density at radius 1 is 1.00 bits per heavy atom. The Kier molecular flexibility index (Phi) is 10.7. The number of piperidine rings is 2. The zero-order chi connectivity index (χ0) is 36.2. The maximum absolute atomic E-state index is 12.1. The molecule has 1 N–H and O–H groups in total. The molecule has 2 saturated heterocycles. The number of hydrogen-bond donors (Lipinski definition) is 1. The number of aliphatic carboxylic acids is 1. The Bertz CT molecular complexity index is 2120. The van der Waals surface area contributed by atoms with Gasteiger partial charge in [0.05, 0.1) is 10.6 Å². The van der Waals surface area contributed by atoms with E-state index in [4.69, 9.17) is 30.5 Å². The first-order valence-corrected chi connectivity index (χ1v) is 18.2. The van der Waals surface area contributed by atoms with Gasteiger partial charge in [0, 0.05) is 42.0 Å². The molecular formula is C41H42ClN5O5. The van der Waals surface area contributed by atoms with Gasteiger partial charge in [-0.3, -0.25) is 14.7 Å². The van der Waals surface area contributed by atoms with Gasteiger partial charge in [-0.25, -0.2) is 4.98 Å². The van der Waals surface area contributed by atoms with Crippen LogP contribution in [0.2, 0.25) is 5.02 Å². The molecule has 52 heavy (non-hydrogen) atoms. The minimum Gasteiger partial charge on any atom is -0.488 e. The summed E-state index contributed by atoms with van der Waals surface area (Å²) in [5.41, 5.74) is 7.80. The number of nitrogens with zero attached hydrogens (tertiary/aromatic N) is 5. The number of carbonyl (C=O) groups is 1. The van der Waals surface area contributed by atoms with Crippen LogP contribution in [0.4, 0.5) is 0 Å². The molecule has 4 heterocycles. The highest BCUT2D eigenvalue weighted by atomic mass is 35.5. The molecule has 0 aliphatic carbocycles. The number of benzene rings is 3. The molecule has 2 fully saturated rings. The van der Waals surface area contributed by atoms with Gasteiger partial charge < -0.3 is 23.9 Å². The summed E-state index contributed by atoms with van der Waals surface area (Å²) in [5, 5.41) is 19.6. The van der Waals surface area contributed by atoms with Gasteiger partial charge in [-0.05, 0) is 106 Å². The number of hydrogen-bond acceptors (Lipinski definition) is 9. The number of nitriles is 1. The summed E-state index contributed by atoms with van der Waals surface area (Å²) in [6.45, 7) is 5.64. The van der Waals surface area contributed by atoms with Crippen molar-refractivity contribution in [2.24, 2.45) is 0 Å². The molecule has 268 valence electrons. The average Bonchev–Trinajstić information content (AvgIpc) is 3.59. The van der Waals surface area contributed by atoms with E-state index in [1.165, 1.54) is 6.20 Å². The lowest BCUT2D eigenvalue weighted by Crippen LogP contribution is -2.44. The summed E-state index contributed by atoms with van der Waals surface area (Å²) in [6, 6.07) is 19.2. The highest BCUT2D eigenvalue weighted by Gasteiger charge is 2.29. The molecule has 7 rings (SSSR count). The largest absolute Gasteiger partial charge is 0.488 e. The first kappa shape index (κ1) is 35.5. The van der Waals surface area contributed by atoms with Crippen molar-refractivity contribution in [3.05, 3.63) is 106 Å². The van der Waals surface area contributed by atoms with E-state index in [-0.39, 0.29) is 13.2 Å². The van der Waals surface area contributed by atoms with E-state index in [9.17, 15) is 15.2 Å². The zero-order valence-electron chi connectivity index (χ0n) is 29.5. The molecular weight excluding hydrogens is 678 g/mol. The van der Waals surface area contributed by atoms with E-state index in [2.05, 4.69) is 48.1 Å². The third-order valence-electron chi connectivity index (χ3n) is 10.3. The number of carboxylic acids is 1. The Morgan fingerprint density at radius 3 is 2.63 bits per heavy atom. The van der Waals surface area contributed by atoms with Crippen molar-refractivity contribution in [2.45, 2.75) is 70.7 Å². The van der Waals surface area contributed by atoms with Crippen LogP contribution in [0, 0.1) is 18.3 Å². The number of pyridine rings is 1. The molecule has 0 spiro atoms. The lowest BCUT2D eigenvalue weighted by atomic mass is 9.96. The van der Waals surface area contributed by atoms with Crippen LogP contribution in [0.15, 0.2) is 71.4 Å². The summed E-state index contributed by atoms with van der Waals surface area (Å²) >= 11 is 6.85. The van der Waals surface area contributed by atoms with Gasteiger partial charge in [-0.15, -0.1) is 0 Å². The second-order valence-corrected chi connectivity index (χ2v) is 14.3. The molecule has 2 aromatic heterocycles. The first-order valence-electron chi connectivity index (χ1n) is 17.8. The highest BCUT2D eigenvalue weighted by molar-refractivity contribution is 6.32. The van der Waals surface area contributed by atoms with Gasteiger partial charge in [0.25, 0.3) is 0 Å². The second kappa shape index (κ2) is 15.7. The van der Waals surface area contributed by atoms with Crippen molar-refractivity contribution in [3.63, 3.8) is 0 Å². The monoisotopic (exact) mass is 719 g/mol. The van der Waals surface area contributed by atoms with Crippen LogP contribution in [0.3, 0.4) is 0 Å². The van der Waals surface area contributed by atoms with Crippen LogP contribution >= 0.6 is 11.6 Å². The van der Waals surface area contributed by atoms with E-state index in [0.717, 1.165) is 89.1 Å². The fraction of sp³-hybridized carbons (Fsp3) is 0.366. The summed E-state index contributed by atoms with van der Waals surface area (Å²) < 4.78 is 19.0. The standard InChI is InChI=1S/C41H42ClN5O5/c1-26-31(6-5-7-33(26)30-9-10-35-39(18-30)52-40(45-35)29-11-14-46(2)15-12-29)25-51-38-19-37(50-24-28-16-27(20-43)21-44-22-28)32(17-34(38)42)23-47-13-4-3-8-36(47)41(48)49/h5-7,9-10,16-19,21-22,29,36H,3-4,8,11-15,23-25H2,1-2H3,(H,48,49). The lowest BCUT2D eigenvalue weighted by molar-refractivity contribution is -0.144. The third-order valence-corrected chi connectivity index (χ3v) is 10.6. The topological polar surface area (TPSA) is 125 Å². The predicted octanol–water partition coefficient (Wildman–Crippen LogP) is 8.13. The summed E-state index contributed by atoms with van der Waals surface area (Å²) in [7, 11) is 2.15. The fourth-order valence-electron chi connectivity index (χ4n) is 7.26. The Balaban J connectivity index is 1.12. The smallest absolute Gasteiger partial charge is 0.320 e. The molecule has 10 nitrogen and oxygen atoms in total. The minimum absolute atomic E-state index is 0.162. The summed E-state index contributed by atoms with van der Waals surface area (Å²) in [5.74, 6) is 1.33. The number of likely N-dealkylation sites (tertiary alicyclic amines) is 2. The fourth-order valence-corrected chi connectivity index (χ4v) is 7.50. The molecule has 0 amide bonds. The van der Waals surface area contributed by atoms with Crippen molar-refractivity contribution in [1.29, 1.82) is 5.26 Å². The number of rotatable bonds is 11. The molecule has 0 radical (unpaired) electrons. The summed E-state index contributed by atoms with van der Waals surface area (Å²) in [4.78, 5) is 25.3. The van der Waals surface area contributed by atoms with Gasteiger partial charge in [0.1, 0.15) is 42.3 Å². The minimum atomic E-state index is -0.830. The van der Waals surface area contributed by atoms with Crippen molar-refractivity contribution >= 4 is 28.7 Å². The van der Waals surface area contributed by atoms with E-state index >= 15 is 0 Å². The van der Waals surface area contributed by atoms with Gasteiger partial charge >= 0.3 is 5.97 Å². The third kappa shape index (κ3) is 7.92. The Hall–Kier alpha value is -4.95. The molecule has 0 bridgehead atoms. The normalized spacial score (nSPS) is 17.2. The van der Waals surface area contributed by atoms with E-state index < -0.39 is 12.0 Å². The average molecular weight is 720 g/mol. The maximum atomic E-state index is 12.1. The molecule has 3 aromatic carbocycles. The molecule has 0 saturated carbocycles.